The van der Waals surface area contributed by atoms with Gasteiger partial charge in [-0.1, -0.05) is 41.9 Å². The highest BCUT2D eigenvalue weighted by Crippen LogP contribution is 2.40. The van der Waals surface area contributed by atoms with Gasteiger partial charge in [-0.05, 0) is 30.5 Å². The molecule has 1 aromatic heterocycles. The Balaban J connectivity index is 1.53. The van der Waals surface area contributed by atoms with Crippen LogP contribution in [0.15, 0.2) is 52.4 Å². The largest absolute Gasteiger partial charge is 0.477 e. The van der Waals surface area contributed by atoms with Gasteiger partial charge in [0.25, 0.3) is 0 Å². The van der Waals surface area contributed by atoms with Crippen LogP contribution in [0.25, 0.3) is 16.6 Å². The molecule has 33 heavy (non-hydrogen) atoms. The van der Waals surface area contributed by atoms with Gasteiger partial charge in [0.05, 0.1) is 27.7 Å². The van der Waals surface area contributed by atoms with E-state index in [4.69, 9.17) is 16.6 Å². The Morgan fingerprint density at radius 2 is 2.09 bits per heavy atom. The number of pyridine rings is 1. The van der Waals surface area contributed by atoms with E-state index in [1.165, 1.54) is 6.20 Å². The van der Waals surface area contributed by atoms with E-state index in [-0.39, 0.29) is 22.1 Å². The molecule has 1 aliphatic heterocycles. The normalized spacial score (nSPS) is 17.7. The van der Waals surface area contributed by atoms with E-state index in [1.807, 2.05) is 48.4 Å². The number of rotatable bonds is 5. The number of aromatic carboxylic acids is 1. The van der Waals surface area contributed by atoms with Crippen LogP contribution in [0, 0.1) is 12.7 Å². The molecule has 0 radical (unpaired) electrons. The van der Waals surface area contributed by atoms with Crippen molar-refractivity contribution in [3.8, 4) is 0 Å². The van der Waals surface area contributed by atoms with Crippen LogP contribution in [0.3, 0.4) is 0 Å². The monoisotopic (exact) mass is 465 g/mol. The summed E-state index contributed by atoms with van der Waals surface area (Å²) < 4.78 is 16.8. The lowest BCUT2D eigenvalue weighted by molar-refractivity contribution is 0.0695. The molecule has 5 rings (SSSR count). The van der Waals surface area contributed by atoms with Crippen LogP contribution >= 0.6 is 11.6 Å². The van der Waals surface area contributed by atoms with Gasteiger partial charge < -0.3 is 14.6 Å². The molecule has 6 nitrogen and oxygen atoms in total. The van der Waals surface area contributed by atoms with Crippen molar-refractivity contribution in [2.24, 2.45) is 4.99 Å². The van der Waals surface area contributed by atoms with Crippen LogP contribution < -0.4 is 10.3 Å². The first-order chi connectivity index (χ1) is 15.8. The SMILES string of the molecule is Cc1ccccc1C=NC1CCN(c2c(F)cc3c(=O)c(C(=O)O)cn(C4=CC4)c3c2Cl)C1. The first-order valence-electron chi connectivity index (χ1n) is 10.7. The maximum atomic E-state index is 15.2. The first-order valence-corrected chi connectivity index (χ1v) is 11.1. The van der Waals surface area contributed by atoms with Crippen LogP contribution in [-0.2, 0) is 0 Å². The molecule has 1 N–H and O–H groups in total. The number of fused-ring (bicyclic) bond motifs is 1. The van der Waals surface area contributed by atoms with Crippen LogP contribution in [0.5, 0.6) is 0 Å². The fourth-order valence-electron chi connectivity index (χ4n) is 4.30. The van der Waals surface area contributed by atoms with Crippen molar-refractivity contribution in [2.45, 2.75) is 25.8 Å². The van der Waals surface area contributed by atoms with Crippen molar-refractivity contribution >= 4 is 46.1 Å². The zero-order valence-corrected chi connectivity index (χ0v) is 18.6. The van der Waals surface area contributed by atoms with E-state index in [9.17, 15) is 14.7 Å². The second kappa shape index (κ2) is 8.15. The van der Waals surface area contributed by atoms with E-state index in [0.717, 1.165) is 29.3 Å². The zero-order chi connectivity index (χ0) is 23.3. The molecule has 8 heteroatoms. The summed E-state index contributed by atoms with van der Waals surface area (Å²) in [6.45, 7) is 3.08. The molecule has 2 heterocycles. The Kier molecular flexibility index (Phi) is 5.29. The smallest absolute Gasteiger partial charge is 0.341 e. The number of carboxylic acid groups (broad SMARTS) is 1. The van der Waals surface area contributed by atoms with Crippen molar-refractivity contribution in [2.75, 3.05) is 18.0 Å². The second-order valence-corrected chi connectivity index (χ2v) is 8.77. The fraction of sp³-hybridized carbons (Fsp3) is 0.240. The number of aryl methyl sites for hydroxylation is 1. The quantitative estimate of drug-likeness (QED) is 0.552. The summed E-state index contributed by atoms with van der Waals surface area (Å²) in [5.41, 5.74) is 2.39. The molecule has 0 saturated carbocycles. The van der Waals surface area contributed by atoms with Crippen molar-refractivity contribution in [1.29, 1.82) is 0 Å². The molecule has 0 spiro atoms. The lowest BCUT2D eigenvalue weighted by Crippen LogP contribution is -2.24. The molecule has 1 aliphatic carbocycles. The second-order valence-electron chi connectivity index (χ2n) is 8.39. The number of carbonyl (C=O) groups is 1. The molecule has 0 amide bonds. The molecular formula is C25H21ClFN3O3. The molecule has 1 fully saturated rings. The number of halogens is 2. The van der Waals surface area contributed by atoms with Crippen LogP contribution in [-0.4, -0.2) is 41.0 Å². The lowest BCUT2D eigenvalue weighted by Gasteiger charge is -2.22. The van der Waals surface area contributed by atoms with Gasteiger partial charge in [0.1, 0.15) is 11.4 Å². The summed E-state index contributed by atoms with van der Waals surface area (Å²) in [5.74, 6) is -2.00. The minimum Gasteiger partial charge on any atom is -0.477 e. The van der Waals surface area contributed by atoms with E-state index in [1.54, 1.807) is 4.57 Å². The van der Waals surface area contributed by atoms with E-state index in [0.29, 0.717) is 25.0 Å². The van der Waals surface area contributed by atoms with Crippen LogP contribution in [0.1, 0.15) is 34.3 Å². The first kappa shape index (κ1) is 21.4. The molecule has 1 unspecified atom stereocenters. The fourth-order valence-corrected chi connectivity index (χ4v) is 4.70. The molecule has 2 aliphatic rings. The third-order valence-corrected chi connectivity index (χ3v) is 6.53. The van der Waals surface area contributed by atoms with E-state index in [2.05, 4.69) is 0 Å². The maximum Gasteiger partial charge on any atom is 0.341 e. The Morgan fingerprint density at radius 3 is 2.79 bits per heavy atom. The Labute approximate surface area is 194 Å². The van der Waals surface area contributed by atoms with Gasteiger partial charge in [-0.3, -0.25) is 9.79 Å². The minimum absolute atomic E-state index is 0.0153. The lowest BCUT2D eigenvalue weighted by atomic mass is 10.1. The summed E-state index contributed by atoms with van der Waals surface area (Å²) in [4.78, 5) is 30.8. The van der Waals surface area contributed by atoms with Crippen molar-refractivity contribution in [3.05, 3.63) is 80.4 Å². The van der Waals surface area contributed by atoms with E-state index >= 15 is 4.39 Å². The summed E-state index contributed by atoms with van der Waals surface area (Å²) in [7, 11) is 0. The Hall–Kier alpha value is -3.45. The van der Waals surface area contributed by atoms with Gasteiger partial charge in [0.15, 0.2) is 0 Å². The van der Waals surface area contributed by atoms with Gasteiger partial charge in [0.2, 0.25) is 5.43 Å². The third kappa shape index (κ3) is 3.82. The highest BCUT2D eigenvalue weighted by molar-refractivity contribution is 6.38. The van der Waals surface area contributed by atoms with Crippen molar-refractivity contribution in [1.82, 2.24) is 4.57 Å². The molecule has 1 saturated heterocycles. The summed E-state index contributed by atoms with van der Waals surface area (Å²) in [5, 5.41) is 9.48. The predicted octanol–water partition coefficient (Wildman–Crippen LogP) is 4.74. The Bertz CT molecular complexity index is 1430. The number of hydrogen-bond acceptors (Lipinski definition) is 4. The number of nitrogens with zero attached hydrogens (tertiary/aromatic N) is 3. The number of allylic oxidation sites excluding steroid dienone is 2. The molecule has 168 valence electrons. The number of benzene rings is 2. The topological polar surface area (TPSA) is 74.9 Å². The minimum atomic E-state index is -1.36. The predicted molar refractivity (Wildman–Crippen MR) is 128 cm³/mol. The van der Waals surface area contributed by atoms with Gasteiger partial charge >= 0.3 is 5.97 Å². The number of aliphatic imine (C=N–C) groups is 1. The summed E-state index contributed by atoms with van der Waals surface area (Å²) >= 11 is 6.69. The van der Waals surface area contributed by atoms with E-state index < -0.39 is 22.8 Å². The molecular weight excluding hydrogens is 445 g/mol. The molecule has 3 aromatic rings. The number of hydrogen-bond donors (Lipinski definition) is 1. The number of aromatic nitrogens is 1. The molecule has 2 aromatic carbocycles. The number of anilines is 1. The number of carboxylic acids is 1. The standard InChI is InChI=1S/C25H21ClFN3O3/c1-14-4-2-3-5-15(14)11-28-16-8-9-29(12-16)23-20(27)10-18-22(21(23)26)30(17-6-7-17)13-19(24(18)31)25(32)33/h2-6,10-11,13,16H,7-9,12H2,1H3,(H,32,33). The summed E-state index contributed by atoms with van der Waals surface area (Å²) in [6.07, 6.45) is 6.41. The van der Waals surface area contributed by atoms with Crippen LogP contribution in [0.2, 0.25) is 5.02 Å². The average molecular weight is 466 g/mol. The van der Waals surface area contributed by atoms with Gasteiger partial charge in [-0.25, -0.2) is 9.18 Å². The Morgan fingerprint density at radius 1 is 1.33 bits per heavy atom. The van der Waals surface area contributed by atoms with Crippen molar-refractivity contribution in [3.63, 3.8) is 0 Å². The summed E-state index contributed by atoms with van der Waals surface area (Å²) in [6, 6.07) is 9.06. The molecule has 0 bridgehead atoms. The molecule has 1 atom stereocenters. The highest BCUT2D eigenvalue weighted by atomic mass is 35.5. The van der Waals surface area contributed by atoms with Gasteiger partial charge in [-0.2, -0.15) is 0 Å². The average Bonchev–Trinajstić information content (AvgIpc) is 3.52. The van der Waals surface area contributed by atoms with Crippen LogP contribution in [0.4, 0.5) is 10.1 Å². The maximum absolute atomic E-state index is 15.2. The third-order valence-electron chi connectivity index (χ3n) is 6.18. The highest BCUT2D eigenvalue weighted by Gasteiger charge is 2.29. The van der Waals surface area contributed by atoms with Crippen molar-refractivity contribution < 1.29 is 14.3 Å². The van der Waals surface area contributed by atoms with Gasteiger partial charge in [0, 0.05) is 37.6 Å². The van der Waals surface area contributed by atoms with Gasteiger partial charge in [-0.15, -0.1) is 0 Å². The zero-order valence-electron chi connectivity index (χ0n) is 17.9.